The van der Waals surface area contributed by atoms with Crippen molar-refractivity contribution in [1.29, 1.82) is 5.41 Å². The van der Waals surface area contributed by atoms with E-state index in [9.17, 15) is 9.59 Å². The number of hydrogen-bond acceptors (Lipinski definition) is 5. The molecule has 2 aromatic carbocycles. The number of anilines is 1. The number of benzene rings is 2. The van der Waals surface area contributed by atoms with Crippen LogP contribution < -0.4 is 16.4 Å². The van der Waals surface area contributed by atoms with Crippen LogP contribution in [0, 0.1) is 12.3 Å². The largest absolute Gasteiger partial charge is 0.480 e. The van der Waals surface area contributed by atoms with E-state index in [1.165, 1.54) is 0 Å². The summed E-state index contributed by atoms with van der Waals surface area (Å²) in [6.45, 7) is 6.09. The smallest absolute Gasteiger partial charge is 0.317 e. The molecule has 3 rings (SSSR count). The second kappa shape index (κ2) is 10.5. The third-order valence-corrected chi connectivity index (χ3v) is 6.28. The Morgan fingerprint density at radius 2 is 1.82 bits per heavy atom. The van der Waals surface area contributed by atoms with Crippen LogP contribution in [-0.2, 0) is 21.5 Å². The van der Waals surface area contributed by atoms with Gasteiger partial charge in [0.2, 0.25) is 5.91 Å². The molecule has 1 fully saturated rings. The van der Waals surface area contributed by atoms with Gasteiger partial charge in [-0.15, -0.1) is 0 Å². The lowest BCUT2D eigenvalue weighted by molar-refractivity contribution is -0.138. The highest BCUT2D eigenvalue weighted by Gasteiger charge is 2.39. The third kappa shape index (κ3) is 5.90. The molecule has 0 radical (unpaired) electrons. The fraction of sp³-hybridized carbons (Fsp3) is 0.400. The van der Waals surface area contributed by atoms with E-state index in [2.05, 4.69) is 10.6 Å². The maximum Gasteiger partial charge on any atom is 0.317 e. The lowest BCUT2D eigenvalue weighted by atomic mass is 9.79. The van der Waals surface area contributed by atoms with Crippen LogP contribution in [-0.4, -0.2) is 53.9 Å². The summed E-state index contributed by atoms with van der Waals surface area (Å²) in [7, 11) is 0. The summed E-state index contributed by atoms with van der Waals surface area (Å²) in [4.78, 5) is 26.3. The molecule has 1 unspecified atom stereocenters. The summed E-state index contributed by atoms with van der Waals surface area (Å²) in [5.74, 6) is -0.869. The number of aryl methyl sites for hydroxylation is 1. The van der Waals surface area contributed by atoms with E-state index in [0.29, 0.717) is 12.1 Å². The van der Waals surface area contributed by atoms with E-state index in [0.717, 1.165) is 48.3 Å². The molecule has 33 heavy (non-hydrogen) atoms. The first kappa shape index (κ1) is 24.3. The number of amidine groups is 1. The van der Waals surface area contributed by atoms with E-state index < -0.39 is 11.4 Å². The minimum Gasteiger partial charge on any atom is -0.480 e. The van der Waals surface area contributed by atoms with Crippen molar-refractivity contribution in [1.82, 2.24) is 10.2 Å². The number of rotatable bonds is 10. The zero-order chi connectivity index (χ0) is 24.0. The van der Waals surface area contributed by atoms with Crippen molar-refractivity contribution in [3.8, 4) is 0 Å². The summed E-state index contributed by atoms with van der Waals surface area (Å²) >= 11 is 0. The van der Waals surface area contributed by atoms with Crippen LogP contribution in [0.2, 0.25) is 0 Å². The Kier molecular flexibility index (Phi) is 7.71. The van der Waals surface area contributed by atoms with Crippen molar-refractivity contribution in [2.45, 2.75) is 38.6 Å². The third-order valence-electron chi connectivity index (χ3n) is 6.28. The molecule has 1 atom stereocenters. The van der Waals surface area contributed by atoms with Crippen molar-refractivity contribution >= 4 is 23.4 Å². The van der Waals surface area contributed by atoms with E-state index in [4.69, 9.17) is 16.2 Å². The quantitative estimate of drug-likeness (QED) is 0.278. The Morgan fingerprint density at radius 3 is 2.39 bits per heavy atom. The molecule has 2 aromatic rings. The summed E-state index contributed by atoms with van der Waals surface area (Å²) in [6.07, 6.45) is 2.00. The molecule has 176 valence electrons. The number of amides is 1. The zero-order valence-corrected chi connectivity index (χ0v) is 19.3. The molecule has 1 aliphatic rings. The number of nitrogen functional groups attached to an aromatic ring is 1. The number of carboxylic acid groups (broad SMARTS) is 1. The van der Waals surface area contributed by atoms with Gasteiger partial charge in [0.1, 0.15) is 5.84 Å². The molecule has 0 aromatic heterocycles. The number of carbonyl (C=O) groups excluding carboxylic acids is 1. The number of hydrogen-bond donors (Lipinski definition) is 5. The molecule has 0 aliphatic carbocycles. The average Bonchev–Trinajstić information content (AvgIpc) is 3.32. The van der Waals surface area contributed by atoms with Gasteiger partial charge in [-0.05, 0) is 67.6 Å². The standard InChI is InChI=1S/C25H33N5O3/c1-17-13-20(8-5-19(17)14-29-21-9-6-18(7-10-21)23(26)27)25(2,16-28-15-22(31)32)24(33)30-11-3-4-12-30/h5-10,13,28-29H,3-4,11-12,14-16H2,1-2H3,(H3,26,27)(H,31,32). The number of carbonyl (C=O) groups is 2. The Balaban J connectivity index is 1.77. The molecule has 1 saturated heterocycles. The molecule has 6 N–H and O–H groups in total. The van der Waals surface area contributed by atoms with Crippen LogP contribution in [0.4, 0.5) is 5.69 Å². The Bertz CT molecular complexity index is 1020. The molecule has 1 heterocycles. The molecular weight excluding hydrogens is 418 g/mol. The number of carboxylic acids is 1. The first-order valence-electron chi connectivity index (χ1n) is 11.2. The van der Waals surface area contributed by atoms with Crippen molar-refractivity contribution in [3.05, 3.63) is 64.7 Å². The van der Waals surface area contributed by atoms with E-state index in [1.54, 1.807) is 12.1 Å². The molecule has 0 bridgehead atoms. The van der Waals surface area contributed by atoms with Gasteiger partial charge < -0.3 is 26.4 Å². The van der Waals surface area contributed by atoms with Crippen molar-refractivity contribution in [2.24, 2.45) is 5.73 Å². The minimum atomic E-state index is -0.945. The van der Waals surface area contributed by atoms with Gasteiger partial charge >= 0.3 is 5.97 Å². The predicted molar refractivity (Wildman–Crippen MR) is 130 cm³/mol. The van der Waals surface area contributed by atoms with Crippen LogP contribution in [0.15, 0.2) is 42.5 Å². The van der Waals surface area contributed by atoms with Crippen LogP contribution in [0.25, 0.3) is 0 Å². The first-order chi connectivity index (χ1) is 15.7. The lowest BCUT2D eigenvalue weighted by Gasteiger charge is -2.33. The highest BCUT2D eigenvalue weighted by atomic mass is 16.4. The summed E-state index contributed by atoms with van der Waals surface area (Å²) in [5.41, 5.74) is 9.30. The van der Waals surface area contributed by atoms with E-state index in [1.807, 2.05) is 49.1 Å². The Morgan fingerprint density at radius 1 is 1.15 bits per heavy atom. The highest BCUT2D eigenvalue weighted by Crippen LogP contribution is 2.29. The van der Waals surface area contributed by atoms with E-state index >= 15 is 0 Å². The number of likely N-dealkylation sites (tertiary alicyclic amines) is 1. The van der Waals surface area contributed by atoms with Crippen LogP contribution in [0.3, 0.4) is 0 Å². The molecule has 8 heteroatoms. The van der Waals surface area contributed by atoms with Gasteiger partial charge in [-0.1, -0.05) is 18.2 Å². The van der Waals surface area contributed by atoms with Crippen molar-refractivity contribution in [3.63, 3.8) is 0 Å². The maximum atomic E-state index is 13.4. The molecule has 1 amide bonds. The number of nitrogens with two attached hydrogens (primary N) is 1. The summed E-state index contributed by atoms with van der Waals surface area (Å²) in [5, 5.41) is 22.8. The van der Waals surface area contributed by atoms with Crippen LogP contribution >= 0.6 is 0 Å². The molecule has 0 saturated carbocycles. The topological polar surface area (TPSA) is 132 Å². The molecule has 0 spiro atoms. The van der Waals surface area contributed by atoms with Gasteiger partial charge in [-0.25, -0.2) is 0 Å². The zero-order valence-electron chi connectivity index (χ0n) is 19.3. The molecule has 8 nitrogen and oxygen atoms in total. The van der Waals surface area contributed by atoms with Gasteiger partial charge in [0.05, 0.1) is 12.0 Å². The number of aliphatic carboxylic acids is 1. The van der Waals surface area contributed by atoms with Crippen molar-refractivity contribution < 1.29 is 14.7 Å². The van der Waals surface area contributed by atoms with Gasteiger partial charge in [-0.3, -0.25) is 15.0 Å². The van der Waals surface area contributed by atoms with Crippen LogP contribution in [0.1, 0.15) is 42.0 Å². The maximum absolute atomic E-state index is 13.4. The second-order valence-corrected chi connectivity index (χ2v) is 8.81. The predicted octanol–water partition coefficient (Wildman–Crippen LogP) is 2.45. The first-order valence-corrected chi connectivity index (χ1v) is 11.2. The minimum absolute atomic E-state index is 0.0359. The fourth-order valence-corrected chi connectivity index (χ4v) is 4.19. The normalized spacial score (nSPS) is 15.2. The van der Waals surface area contributed by atoms with Gasteiger partial charge in [0.25, 0.3) is 0 Å². The fourth-order valence-electron chi connectivity index (χ4n) is 4.19. The van der Waals surface area contributed by atoms with Gasteiger partial charge in [0.15, 0.2) is 0 Å². The Labute approximate surface area is 194 Å². The summed E-state index contributed by atoms with van der Waals surface area (Å²) < 4.78 is 0. The van der Waals surface area contributed by atoms with E-state index in [-0.39, 0.29) is 24.8 Å². The Hall–Kier alpha value is -3.39. The average molecular weight is 452 g/mol. The molecule has 1 aliphatic heterocycles. The summed E-state index contributed by atoms with van der Waals surface area (Å²) in [6, 6.07) is 13.4. The van der Waals surface area contributed by atoms with Crippen molar-refractivity contribution in [2.75, 3.05) is 31.5 Å². The number of nitrogens with zero attached hydrogens (tertiary/aromatic N) is 1. The lowest BCUT2D eigenvalue weighted by Crippen LogP contribution is -2.50. The monoisotopic (exact) mass is 451 g/mol. The number of nitrogens with one attached hydrogen (secondary N) is 3. The molecular formula is C25H33N5O3. The van der Waals surface area contributed by atoms with Gasteiger partial charge in [0, 0.05) is 37.4 Å². The second-order valence-electron chi connectivity index (χ2n) is 8.81. The van der Waals surface area contributed by atoms with Gasteiger partial charge in [-0.2, -0.15) is 0 Å². The SMILES string of the molecule is Cc1cc(C(C)(CNCC(=O)O)C(=O)N2CCCC2)ccc1CNc1ccc(C(=N)N)cc1. The highest BCUT2D eigenvalue weighted by molar-refractivity contribution is 5.95. The van der Waals surface area contributed by atoms with Crippen LogP contribution in [0.5, 0.6) is 0 Å².